The fourth-order valence-electron chi connectivity index (χ4n) is 2.33. The lowest BCUT2D eigenvalue weighted by molar-refractivity contribution is 0.0702. The van der Waals surface area contributed by atoms with Crippen LogP contribution in [-0.4, -0.2) is 17.8 Å². The van der Waals surface area contributed by atoms with Crippen LogP contribution >= 0.6 is 0 Å². The Labute approximate surface area is 127 Å². The molecule has 21 heavy (non-hydrogen) atoms. The van der Waals surface area contributed by atoms with Gasteiger partial charge in [-0.25, -0.2) is 0 Å². The largest absolute Gasteiger partial charge is 0.393 e. The molecule has 0 fully saturated rings. The van der Waals surface area contributed by atoms with Gasteiger partial charge in [0.25, 0.3) is 0 Å². The number of aryl methyl sites for hydroxylation is 2. The molecular formula is C19H24O2. The quantitative estimate of drug-likeness (QED) is 0.745. The summed E-state index contributed by atoms with van der Waals surface area (Å²) < 4.78 is 5.60. The molecule has 2 nitrogen and oxygen atoms in total. The molecule has 0 heterocycles. The van der Waals surface area contributed by atoms with E-state index in [1.807, 2.05) is 30.3 Å². The molecular weight excluding hydrogens is 260 g/mol. The molecule has 0 radical (unpaired) electrons. The number of rotatable bonds is 8. The van der Waals surface area contributed by atoms with Gasteiger partial charge in [0.2, 0.25) is 0 Å². The van der Waals surface area contributed by atoms with Crippen LogP contribution in [0.15, 0.2) is 54.6 Å². The van der Waals surface area contributed by atoms with E-state index in [1.165, 1.54) is 16.7 Å². The number of hydrogen-bond acceptors (Lipinski definition) is 2. The van der Waals surface area contributed by atoms with Gasteiger partial charge >= 0.3 is 0 Å². The molecule has 1 atom stereocenters. The summed E-state index contributed by atoms with van der Waals surface area (Å²) in [5.41, 5.74) is 3.74. The third-order valence-corrected chi connectivity index (χ3v) is 3.56. The summed E-state index contributed by atoms with van der Waals surface area (Å²) in [6.45, 7) is 3.31. The van der Waals surface area contributed by atoms with Gasteiger partial charge in [-0.1, -0.05) is 60.2 Å². The molecule has 0 aliphatic carbocycles. The number of ether oxygens (including phenoxy) is 1. The van der Waals surface area contributed by atoms with E-state index in [9.17, 15) is 5.11 Å². The molecule has 2 heteroatoms. The van der Waals surface area contributed by atoms with Crippen molar-refractivity contribution in [3.05, 3.63) is 71.3 Å². The molecule has 0 saturated heterocycles. The van der Waals surface area contributed by atoms with E-state index in [0.29, 0.717) is 19.6 Å². The number of aliphatic hydroxyl groups excluding tert-OH is 1. The van der Waals surface area contributed by atoms with Gasteiger partial charge in [0.15, 0.2) is 0 Å². The molecule has 0 aliphatic rings. The van der Waals surface area contributed by atoms with Crippen molar-refractivity contribution < 1.29 is 9.84 Å². The van der Waals surface area contributed by atoms with Crippen molar-refractivity contribution in [2.75, 3.05) is 6.61 Å². The van der Waals surface area contributed by atoms with E-state index in [2.05, 4.69) is 31.2 Å². The van der Waals surface area contributed by atoms with Gasteiger partial charge in [-0.3, -0.25) is 0 Å². The first-order chi connectivity index (χ1) is 10.2. The minimum absolute atomic E-state index is 0.290. The predicted molar refractivity (Wildman–Crippen MR) is 86.2 cm³/mol. The van der Waals surface area contributed by atoms with Crippen LogP contribution in [0.25, 0.3) is 0 Å². The van der Waals surface area contributed by atoms with E-state index in [0.717, 1.165) is 12.8 Å². The van der Waals surface area contributed by atoms with Crippen LogP contribution in [-0.2, 0) is 17.8 Å². The van der Waals surface area contributed by atoms with Gasteiger partial charge in [-0.15, -0.1) is 0 Å². The summed E-state index contributed by atoms with van der Waals surface area (Å²) in [5.74, 6) is 0. The first kappa shape index (κ1) is 15.7. The number of hydrogen-bond donors (Lipinski definition) is 1. The molecule has 0 bridgehead atoms. The van der Waals surface area contributed by atoms with Gasteiger partial charge in [0.05, 0.1) is 12.7 Å². The maximum Gasteiger partial charge on any atom is 0.0716 e. The molecule has 1 N–H and O–H groups in total. The molecule has 2 rings (SSSR count). The lowest BCUT2D eigenvalue weighted by atomic mass is 10.0. The summed E-state index contributed by atoms with van der Waals surface area (Å²) in [6.07, 6.45) is 2.11. The zero-order valence-corrected chi connectivity index (χ0v) is 12.7. The van der Waals surface area contributed by atoms with E-state index in [1.54, 1.807) is 0 Å². The van der Waals surface area contributed by atoms with Crippen LogP contribution in [0, 0.1) is 6.92 Å². The highest BCUT2D eigenvalue weighted by Gasteiger charge is 2.05. The first-order valence-corrected chi connectivity index (χ1v) is 7.59. The Morgan fingerprint density at radius 2 is 1.71 bits per heavy atom. The minimum atomic E-state index is -0.290. The van der Waals surface area contributed by atoms with Gasteiger partial charge in [0, 0.05) is 6.61 Å². The highest BCUT2D eigenvalue weighted by Crippen LogP contribution is 2.10. The summed E-state index contributed by atoms with van der Waals surface area (Å²) >= 11 is 0. The Balaban J connectivity index is 1.60. The first-order valence-electron chi connectivity index (χ1n) is 7.59. The second-order valence-corrected chi connectivity index (χ2v) is 5.51. The van der Waals surface area contributed by atoms with Crippen molar-refractivity contribution in [2.45, 2.75) is 38.9 Å². The Kier molecular flexibility index (Phi) is 6.45. The van der Waals surface area contributed by atoms with Crippen LogP contribution in [0.1, 0.15) is 29.5 Å². The Hall–Kier alpha value is -1.64. The lowest BCUT2D eigenvalue weighted by Crippen LogP contribution is -2.11. The van der Waals surface area contributed by atoms with Crippen molar-refractivity contribution >= 4 is 0 Å². The summed E-state index contributed by atoms with van der Waals surface area (Å²) in [6, 6.07) is 18.6. The molecule has 0 aliphatic heterocycles. The Bertz CT molecular complexity index is 522. The van der Waals surface area contributed by atoms with Crippen molar-refractivity contribution in [1.82, 2.24) is 0 Å². The van der Waals surface area contributed by atoms with Crippen molar-refractivity contribution in [3.63, 3.8) is 0 Å². The predicted octanol–water partition coefficient (Wildman–Crippen LogP) is 3.90. The van der Waals surface area contributed by atoms with Crippen molar-refractivity contribution in [1.29, 1.82) is 0 Å². The van der Waals surface area contributed by atoms with E-state index in [4.69, 9.17) is 4.74 Å². The van der Waals surface area contributed by atoms with Crippen LogP contribution < -0.4 is 0 Å². The fraction of sp³-hybridized carbons (Fsp3) is 0.368. The molecule has 2 aromatic rings. The van der Waals surface area contributed by atoms with Crippen molar-refractivity contribution in [2.24, 2.45) is 0 Å². The zero-order valence-electron chi connectivity index (χ0n) is 12.7. The van der Waals surface area contributed by atoms with Crippen LogP contribution in [0.5, 0.6) is 0 Å². The number of benzene rings is 2. The lowest BCUT2D eigenvalue weighted by Gasteiger charge is -2.11. The summed E-state index contributed by atoms with van der Waals surface area (Å²) in [5, 5.41) is 10.00. The average Bonchev–Trinajstić information content (AvgIpc) is 2.51. The van der Waals surface area contributed by atoms with Crippen molar-refractivity contribution in [3.8, 4) is 0 Å². The van der Waals surface area contributed by atoms with Gasteiger partial charge in [-0.2, -0.15) is 0 Å². The second kappa shape index (κ2) is 8.60. The maximum atomic E-state index is 10.00. The molecule has 0 aromatic heterocycles. The van der Waals surface area contributed by atoms with Crippen LogP contribution in [0.4, 0.5) is 0 Å². The standard InChI is InChI=1S/C19H24O2/c1-16-6-5-9-17(14-16)10-11-19(20)12-13-21-15-18-7-3-2-4-8-18/h2-9,14,19-20H,10-13,15H2,1H3. The Morgan fingerprint density at radius 1 is 0.952 bits per heavy atom. The summed E-state index contributed by atoms with van der Waals surface area (Å²) in [7, 11) is 0. The second-order valence-electron chi connectivity index (χ2n) is 5.51. The number of aliphatic hydroxyl groups is 1. The monoisotopic (exact) mass is 284 g/mol. The highest BCUT2D eigenvalue weighted by molar-refractivity contribution is 5.22. The fourth-order valence-corrected chi connectivity index (χ4v) is 2.33. The Morgan fingerprint density at radius 3 is 2.48 bits per heavy atom. The van der Waals surface area contributed by atoms with E-state index < -0.39 is 0 Å². The summed E-state index contributed by atoms with van der Waals surface area (Å²) in [4.78, 5) is 0. The molecule has 0 saturated carbocycles. The minimum Gasteiger partial charge on any atom is -0.393 e. The highest BCUT2D eigenvalue weighted by atomic mass is 16.5. The molecule has 2 aromatic carbocycles. The topological polar surface area (TPSA) is 29.5 Å². The molecule has 0 amide bonds. The van der Waals surface area contributed by atoms with Gasteiger partial charge < -0.3 is 9.84 Å². The molecule has 1 unspecified atom stereocenters. The molecule has 112 valence electrons. The normalized spacial score (nSPS) is 12.3. The third-order valence-electron chi connectivity index (χ3n) is 3.56. The van der Waals surface area contributed by atoms with Crippen LogP contribution in [0.2, 0.25) is 0 Å². The SMILES string of the molecule is Cc1cccc(CCC(O)CCOCc2ccccc2)c1. The van der Waals surface area contributed by atoms with Crippen LogP contribution in [0.3, 0.4) is 0 Å². The van der Waals surface area contributed by atoms with Gasteiger partial charge in [-0.05, 0) is 37.3 Å². The zero-order chi connectivity index (χ0) is 14.9. The maximum absolute atomic E-state index is 10.00. The average molecular weight is 284 g/mol. The smallest absolute Gasteiger partial charge is 0.0716 e. The van der Waals surface area contributed by atoms with E-state index in [-0.39, 0.29) is 6.10 Å². The van der Waals surface area contributed by atoms with Gasteiger partial charge in [0.1, 0.15) is 0 Å². The van der Waals surface area contributed by atoms with E-state index >= 15 is 0 Å². The third kappa shape index (κ3) is 6.11. The molecule has 0 spiro atoms.